The maximum atomic E-state index is 13.1. The minimum Gasteiger partial charge on any atom is -0.327 e. The Labute approximate surface area is 167 Å². The van der Waals surface area contributed by atoms with Gasteiger partial charge in [-0.2, -0.15) is 0 Å². The van der Waals surface area contributed by atoms with Crippen molar-refractivity contribution in [3.05, 3.63) is 74.4 Å². The van der Waals surface area contributed by atoms with E-state index < -0.39 is 12.1 Å². The summed E-state index contributed by atoms with van der Waals surface area (Å²) < 4.78 is 0. The molecule has 7 heteroatoms. The molecule has 5 nitrogen and oxygen atoms in total. The van der Waals surface area contributed by atoms with Gasteiger partial charge >= 0.3 is 6.03 Å². The molecule has 0 unspecified atom stereocenters. The lowest BCUT2D eigenvalue weighted by molar-refractivity contribution is -0.113. The van der Waals surface area contributed by atoms with E-state index in [1.165, 1.54) is 0 Å². The number of hydrogen-bond acceptors (Lipinski definition) is 2. The molecule has 1 aliphatic heterocycles. The van der Waals surface area contributed by atoms with E-state index in [0.717, 1.165) is 11.1 Å². The zero-order valence-corrected chi connectivity index (χ0v) is 16.6. The second-order valence-electron chi connectivity index (χ2n) is 6.51. The molecular formula is C20H19Cl2N3O2. The third-order valence-electron chi connectivity index (χ3n) is 4.42. The van der Waals surface area contributed by atoms with Crippen LogP contribution in [0.1, 0.15) is 29.7 Å². The molecule has 0 fully saturated rings. The SMILES string of the molecule is CC1=C(C(=O)Nc2ccc(C)cc2C)[C@@H](c2ccc(Cl)cc2Cl)NC(=O)N1. The molecule has 1 atom stereocenters. The first-order valence-electron chi connectivity index (χ1n) is 8.38. The summed E-state index contributed by atoms with van der Waals surface area (Å²) in [5.74, 6) is -0.317. The second-order valence-corrected chi connectivity index (χ2v) is 7.35. The van der Waals surface area contributed by atoms with Crippen LogP contribution in [0.5, 0.6) is 0 Å². The van der Waals surface area contributed by atoms with Crippen molar-refractivity contribution in [1.82, 2.24) is 10.6 Å². The van der Waals surface area contributed by atoms with Crippen LogP contribution in [-0.4, -0.2) is 11.9 Å². The zero-order chi connectivity index (χ0) is 19.7. The quantitative estimate of drug-likeness (QED) is 0.683. The Kier molecular flexibility index (Phi) is 5.44. The maximum absolute atomic E-state index is 13.1. The van der Waals surface area contributed by atoms with Crippen molar-refractivity contribution in [2.24, 2.45) is 0 Å². The van der Waals surface area contributed by atoms with Crippen molar-refractivity contribution in [1.29, 1.82) is 0 Å². The Hall–Kier alpha value is -2.50. The molecule has 0 radical (unpaired) electrons. The first kappa shape index (κ1) is 19.3. The van der Waals surface area contributed by atoms with Gasteiger partial charge in [0.25, 0.3) is 5.91 Å². The number of urea groups is 1. The molecule has 2 aromatic carbocycles. The number of rotatable bonds is 3. The standard InChI is InChI=1S/C20H19Cl2N3O2/c1-10-4-7-16(11(2)8-10)24-19(26)17-12(3)23-20(27)25-18(17)14-6-5-13(21)9-15(14)22/h4-9,18H,1-3H3,(H,24,26)(H2,23,25,27)/t18-/m1/s1. The summed E-state index contributed by atoms with van der Waals surface area (Å²) in [5, 5.41) is 9.20. The van der Waals surface area contributed by atoms with Gasteiger partial charge in [-0.3, -0.25) is 4.79 Å². The van der Waals surface area contributed by atoms with E-state index in [1.54, 1.807) is 25.1 Å². The van der Waals surface area contributed by atoms with Crippen molar-refractivity contribution < 1.29 is 9.59 Å². The molecule has 0 saturated carbocycles. The summed E-state index contributed by atoms with van der Waals surface area (Å²) in [7, 11) is 0. The number of aryl methyl sites for hydroxylation is 2. The first-order valence-corrected chi connectivity index (χ1v) is 9.13. The highest BCUT2D eigenvalue weighted by Gasteiger charge is 2.32. The Balaban J connectivity index is 1.99. The van der Waals surface area contributed by atoms with Gasteiger partial charge in [0.15, 0.2) is 0 Å². The molecule has 0 aliphatic carbocycles. The van der Waals surface area contributed by atoms with E-state index in [-0.39, 0.29) is 5.91 Å². The van der Waals surface area contributed by atoms with Crippen LogP contribution in [-0.2, 0) is 4.79 Å². The number of hydrogen-bond donors (Lipinski definition) is 3. The van der Waals surface area contributed by atoms with Gasteiger partial charge in [-0.1, -0.05) is 47.0 Å². The third kappa shape index (κ3) is 4.10. The molecule has 3 N–H and O–H groups in total. The predicted molar refractivity (Wildman–Crippen MR) is 108 cm³/mol. The molecule has 2 aromatic rings. The smallest absolute Gasteiger partial charge is 0.319 e. The Bertz CT molecular complexity index is 970. The van der Waals surface area contributed by atoms with E-state index >= 15 is 0 Å². The van der Waals surface area contributed by atoms with E-state index in [4.69, 9.17) is 23.2 Å². The highest BCUT2D eigenvalue weighted by atomic mass is 35.5. The summed E-state index contributed by atoms with van der Waals surface area (Å²) in [4.78, 5) is 25.1. The maximum Gasteiger partial charge on any atom is 0.319 e. The molecular weight excluding hydrogens is 385 g/mol. The van der Waals surface area contributed by atoms with Crippen LogP contribution < -0.4 is 16.0 Å². The lowest BCUT2D eigenvalue weighted by atomic mass is 9.94. The molecule has 0 saturated heterocycles. The van der Waals surface area contributed by atoms with Crippen molar-refractivity contribution in [2.75, 3.05) is 5.32 Å². The van der Waals surface area contributed by atoms with Crippen LogP contribution in [0.3, 0.4) is 0 Å². The van der Waals surface area contributed by atoms with Crippen LogP contribution in [0, 0.1) is 13.8 Å². The first-order chi connectivity index (χ1) is 12.8. The average molecular weight is 404 g/mol. The van der Waals surface area contributed by atoms with Gasteiger partial charge in [0.1, 0.15) is 0 Å². The molecule has 0 aromatic heterocycles. The summed E-state index contributed by atoms with van der Waals surface area (Å²) in [5.41, 5.74) is 4.23. The summed E-state index contributed by atoms with van der Waals surface area (Å²) in [6.07, 6.45) is 0. The van der Waals surface area contributed by atoms with Crippen molar-refractivity contribution in [3.8, 4) is 0 Å². The summed E-state index contributed by atoms with van der Waals surface area (Å²) in [6, 6.07) is 9.66. The number of carbonyl (C=O) groups excluding carboxylic acids is 2. The van der Waals surface area contributed by atoms with E-state index in [9.17, 15) is 9.59 Å². The van der Waals surface area contributed by atoms with E-state index in [1.807, 2.05) is 32.0 Å². The van der Waals surface area contributed by atoms with Gasteiger partial charge in [0.05, 0.1) is 11.6 Å². The monoisotopic (exact) mass is 403 g/mol. The molecule has 27 heavy (non-hydrogen) atoms. The lowest BCUT2D eigenvalue weighted by Gasteiger charge is -2.29. The average Bonchev–Trinajstić information content (AvgIpc) is 2.56. The minimum atomic E-state index is -0.686. The number of amides is 3. The molecule has 0 bridgehead atoms. The highest BCUT2D eigenvalue weighted by molar-refractivity contribution is 6.35. The zero-order valence-electron chi connectivity index (χ0n) is 15.1. The topological polar surface area (TPSA) is 70.2 Å². The Morgan fingerprint density at radius 2 is 1.81 bits per heavy atom. The van der Waals surface area contributed by atoms with Gasteiger partial charge in [0, 0.05) is 21.4 Å². The normalized spacial score (nSPS) is 16.6. The van der Waals surface area contributed by atoms with Crippen LogP contribution in [0.2, 0.25) is 10.0 Å². The number of anilines is 1. The molecule has 1 heterocycles. The van der Waals surface area contributed by atoms with Gasteiger partial charge < -0.3 is 16.0 Å². The van der Waals surface area contributed by atoms with E-state index in [2.05, 4.69) is 16.0 Å². The summed E-state index contributed by atoms with van der Waals surface area (Å²) >= 11 is 12.3. The van der Waals surface area contributed by atoms with Crippen LogP contribution in [0.4, 0.5) is 10.5 Å². The molecule has 0 spiro atoms. The number of halogens is 2. The highest BCUT2D eigenvalue weighted by Crippen LogP contribution is 2.33. The van der Waals surface area contributed by atoms with Crippen LogP contribution >= 0.6 is 23.2 Å². The number of nitrogens with one attached hydrogen (secondary N) is 3. The fourth-order valence-electron chi connectivity index (χ4n) is 3.11. The largest absolute Gasteiger partial charge is 0.327 e. The van der Waals surface area contributed by atoms with Crippen molar-refractivity contribution in [3.63, 3.8) is 0 Å². The fraction of sp³-hybridized carbons (Fsp3) is 0.200. The fourth-order valence-corrected chi connectivity index (χ4v) is 3.62. The van der Waals surface area contributed by atoms with Gasteiger partial charge in [-0.25, -0.2) is 4.79 Å². The predicted octanol–water partition coefficient (Wildman–Crippen LogP) is 4.88. The molecule has 140 valence electrons. The van der Waals surface area contributed by atoms with Crippen molar-refractivity contribution in [2.45, 2.75) is 26.8 Å². The van der Waals surface area contributed by atoms with E-state index in [0.29, 0.717) is 32.6 Å². The third-order valence-corrected chi connectivity index (χ3v) is 4.98. The van der Waals surface area contributed by atoms with Crippen LogP contribution in [0.25, 0.3) is 0 Å². The van der Waals surface area contributed by atoms with Crippen molar-refractivity contribution >= 4 is 40.8 Å². The van der Waals surface area contributed by atoms with Crippen LogP contribution in [0.15, 0.2) is 47.7 Å². The second kappa shape index (κ2) is 7.62. The lowest BCUT2D eigenvalue weighted by Crippen LogP contribution is -2.46. The van der Waals surface area contributed by atoms with Gasteiger partial charge in [-0.05, 0) is 50.1 Å². The molecule has 3 amide bonds. The summed E-state index contributed by atoms with van der Waals surface area (Å²) in [6.45, 7) is 5.61. The number of carbonyl (C=O) groups is 2. The molecule has 3 rings (SSSR count). The molecule has 1 aliphatic rings. The van der Waals surface area contributed by atoms with Gasteiger partial charge in [-0.15, -0.1) is 0 Å². The minimum absolute atomic E-state index is 0.317. The number of benzene rings is 2. The number of allylic oxidation sites excluding steroid dienone is 1. The Morgan fingerprint density at radius 1 is 1.07 bits per heavy atom. The van der Waals surface area contributed by atoms with Gasteiger partial charge in [0.2, 0.25) is 0 Å². The Morgan fingerprint density at radius 3 is 2.48 bits per heavy atom.